The molecule has 0 spiro atoms. The summed E-state index contributed by atoms with van der Waals surface area (Å²) in [6, 6.07) is 14.7. The minimum atomic E-state index is -4.11. The van der Waals surface area contributed by atoms with Gasteiger partial charge < -0.3 is 9.47 Å². The second-order valence-electron chi connectivity index (χ2n) is 6.13. The molecule has 144 valence electrons. The number of amides is 1. The van der Waals surface area contributed by atoms with Crippen LogP contribution in [-0.4, -0.2) is 37.7 Å². The lowest BCUT2D eigenvalue weighted by atomic mass is 9.95. The topological polar surface area (TPSA) is 110 Å². The minimum absolute atomic E-state index is 0.0819. The Morgan fingerprint density at radius 1 is 1.04 bits per heavy atom. The monoisotopic (exact) mass is 399 g/mol. The van der Waals surface area contributed by atoms with Crippen LogP contribution in [0.15, 0.2) is 65.7 Å². The zero-order valence-electron chi connectivity index (χ0n) is 14.7. The van der Waals surface area contributed by atoms with Crippen LogP contribution >= 0.6 is 0 Å². The maximum Gasteiger partial charge on any atom is 0.264 e. The molecule has 1 aliphatic rings. The van der Waals surface area contributed by atoms with Crippen LogP contribution in [0.4, 0.5) is 0 Å². The van der Waals surface area contributed by atoms with Crippen molar-refractivity contribution in [3.63, 3.8) is 0 Å². The van der Waals surface area contributed by atoms with Crippen molar-refractivity contribution in [3.05, 3.63) is 72.1 Å². The molecule has 9 heteroatoms. The molecule has 2 aromatic carbocycles. The van der Waals surface area contributed by atoms with Crippen molar-refractivity contribution in [3.8, 4) is 11.5 Å². The van der Waals surface area contributed by atoms with Crippen LogP contribution in [0.1, 0.15) is 17.2 Å². The number of sulfonamides is 1. The van der Waals surface area contributed by atoms with Crippen LogP contribution in [-0.2, 0) is 14.8 Å². The third kappa shape index (κ3) is 3.56. The van der Waals surface area contributed by atoms with Gasteiger partial charge in [0.15, 0.2) is 11.5 Å². The van der Waals surface area contributed by atoms with Gasteiger partial charge in [-0.3, -0.25) is 9.89 Å². The van der Waals surface area contributed by atoms with E-state index in [2.05, 4.69) is 14.9 Å². The zero-order chi connectivity index (χ0) is 19.6. The first-order valence-corrected chi connectivity index (χ1v) is 10.0. The van der Waals surface area contributed by atoms with E-state index < -0.39 is 21.8 Å². The number of ether oxygens (including phenoxy) is 2. The number of benzene rings is 2. The molecule has 1 amide bonds. The van der Waals surface area contributed by atoms with Gasteiger partial charge in [-0.2, -0.15) is 5.10 Å². The van der Waals surface area contributed by atoms with Crippen molar-refractivity contribution < 1.29 is 22.7 Å². The largest absolute Gasteiger partial charge is 0.486 e. The summed E-state index contributed by atoms with van der Waals surface area (Å²) in [6.07, 6.45) is 1.51. The van der Waals surface area contributed by atoms with Crippen LogP contribution in [0.5, 0.6) is 11.5 Å². The van der Waals surface area contributed by atoms with Gasteiger partial charge in [0.2, 0.25) is 5.91 Å². The maximum absolute atomic E-state index is 12.9. The Morgan fingerprint density at radius 3 is 2.50 bits per heavy atom. The maximum atomic E-state index is 12.9. The Kier molecular flexibility index (Phi) is 4.74. The van der Waals surface area contributed by atoms with E-state index >= 15 is 0 Å². The van der Waals surface area contributed by atoms with Gasteiger partial charge in [0.05, 0.1) is 10.6 Å². The van der Waals surface area contributed by atoms with Gasteiger partial charge in [-0.1, -0.05) is 30.3 Å². The molecule has 4 rings (SSSR count). The fourth-order valence-corrected chi connectivity index (χ4v) is 4.00. The number of hydrogen-bond acceptors (Lipinski definition) is 6. The fraction of sp³-hybridized carbons (Fsp3) is 0.158. The summed E-state index contributed by atoms with van der Waals surface area (Å²) in [5, 5.41) is 6.61. The molecule has 1 atom stereocenters. The van der Waals surface area contributed by atoms with Crippen molar-refractivity contribution in [1.82, 2.24) is 14.9 Å². The van der Waals surface area contributed by atoms with Crippen molar-refractivity contribution >= 4 is 15.9 Å². The summed E-state index contributed by atoms with van der Waals surface area (Å²) in [6.45, 7) is 0.734. The predicted molar refractivity (Wildman–Crippen MR) is 99.6 cm³/mol. The van der Waals surface area contributed by atoms with Crippen molar-refractivity contribution in [2.75, 3.05) is 13.2 Å². The number of hydrogen-bond donors (Lipinski definition) is 2. The Morgan fingerprint density at radius 2 is 1.79 bits per heavy atom. The molecule has 1 unspecified atom stereocenters. The van der Waals surface area contributed by atoms with Gasteiger partial charge >= 0.3 is 0 Å². The number of aromatic nitrogens is 2. The van der Waals surface area contributed by atoms with E-state index in [0.717, 1.165) is 0 Å². The molecule has 3 aromatic rings. The minimum Gasteiger partial charge on any atom is -0.486 e. The molecule has 0 radical (unpaired) electrons. The molecular formula is C19H17N3O5S. The highest BCUT2D eigenvalue weighted by Crippen LogP contribution is 2.32. The standard InChI is InChI=1S/C19H17N3O5S/c23-19(18(15-8-9-20-21-15)13-4-2-1-3-5-13)22-28(24,25)14-6-7-16-17(12-14)27-11-10-26-16/h1-9,12,18H,10-11H2,(H,20,21)(H,22,23). The van der Waals surface area contributed by atoms with Gasteiger partial charge in [-0.05, 0) is 23.8 Å². The highest BCUT2D eigenvalue weighted by Gasteiger charge is 2.29. The molecule has 28 heavy (non-hydrogen) atoms. The highest BCUT2D eigenvalue weighted by atomic mass is 32.2. The van der Waals surface area contributed by atoms with Crippen molar-refractivity contribution in [2.24, 2.45) is 0 Å². The van der Waals surface area contributed by atoms with E-state index in [9.17, 15) is 13.2 Å². The van der Waals surface area contributed by atoms with Gasteiger partial charge in [-0.25, -0.2) is 13.1 Å². The molecule has 0 fully saturated rings. The van der Waals surface area contributed by atoms with Crippen LogP contribution in [0, 0.1) is 0 Å². The average molecular weight is 399 g/mol. The second kappa shape index (κ2) is 7.35. The first-order chi connectivity index (χ1) is 13.5. The Hall–Kier alpha value is -3.33. The van der Waals surface area contributed by atoms with Crippen LogP contribution in [0.25, 0.3) is 0 Å². The van der Waals surface area contributed by atoms with E-state index in [-0.39, 0.29) is 4.90 Å². The molecule has 1 aromatic heterocycles. The molecule has 1 aliphatic heterocycles. The van der Waals surface area contributed by atoms with Gasteiger partial charge in [0.25, 0.3) is 10.0 Å². The zero-order valence-corrected chi connectivity index (χ0v) is 15.5. The molecule has 0 saturated carbocycles. The first-order valence-electron chi connectivity index (χ1n) is 8.55. The molecule has 8 nitrogen and oxygen atoms in total. The normalized spacial score (nSPS) is 14.3. The van der Waals surface area contributed by atoms with Crippen LogP contribution < -0.4 is 14.2 Å². The number of nitrogens with zero attached hydrogens (tertiary/aromatic N) is 1. The number of rotatable bonds is 5. The summed E-state index contributed by atoms with van der Waals surface area (Å²) in [5.41, 5.74) is 1.13. The molecule has 2 N–H and O–H groups in total. The second-order valence-corrected chi connectivity index (χ2v) is 7.81. The molecular weight excluding hydrogens is 382 g/mol. The number of carbonyl (C=O) groups is 1. The van der Waals surface area contributed by atoms with E-state index in [1.165, 1.54) is 24.4 Å². The number of fused-ring (bicyclic) bond motifs is 1. The lowest BCUT2D eigenvalue weighted by Gasteiger charge is -2.19. The summed E-state index contributed by atoms with van der Waals surface area (Å²) in [7, 11) is -4.11. The smallest absolute Gasteiger partial charge is 0.264 e. The summed E-state index contributed by atoms with van der Waals surface area (Å²) in [4.78, 5) is 12.8. The van der Waals surface area contributed by atoms with Crippen LogP contribution in [0.3, 0.4) is 0 Å². The van der Waals surface area contributed by atoms with Crippen molar-refractivity contribution in [1.29, 1.82) is 0 Å². The third-order valence-electron chi connectivity index (χ3n) is 4.29. The summed E-state index contributed by atoms with van der Waals surface area (Å²) < 4.78 is 38.5. The third-order valence-corrected chi connectivity index (χ3v) is 5.63. The van der Waals surface area contributed by atoms with Crippen molar-refractivity contribution in [2.45, 2.75) is 10.8 Å². The lowest BCUT2D eigenvalue weighted by molar-refractivity contribution is -0.120. The average Bonchev–Trinajstić information content (AvgIpc) is 3.22. The number of aromatic amines is 1. The Bertz CT molecular complexity index is 1080. The van der Waals surface area contributed by atoms with Crippen LogP contribution in [0.2, 0.25) is 0 Å². The quantitative estimate of drug-likeness (QED) is 0.677. The molecule has 0 bridgehead atoms. The molecule has 2 heterocycles. The van der Waals surface area contributed by atoms with E-state index in [4.69, 9.17) is 9.47 Å². The van der Waals surface area contributed by atoms with Gasteiger partial charge in [0.1, 0.15) is 19.1 Å². The number of carbonyl (C=O) groups excluding carboxylic acids is 1. The number of H-pyrrole nitrogens is 1. The van der Waals surface area contributed by atoms with Gasteiger partial charge in [0, 0.05) is 12.3 Å². The van der Waals surface area contributed by atoms with E-state index in [1.54, 1.807) is 30.3 Å². The first kappa shape index (κ1) is 18.1. The predicted octanol–water partition coefficient (Wildman–Crippen LogP) is 1.82. The SMILES string of the molecule is O=C(NS(=O)(=O)c1ccc2c(c1)OCCO2)C(c1ccccc1)c1ccn[nH]1. The number of nitrogens with one attached hydrogen (secondary N) is 2. The fourth-order valence-electron chi connectivity index (χ4n) is 2.99. The highest BCUT2D eigenvalue weighted by molar-refractivity contribution is 7.90. The van der Waals surface area contributed by atoms with Gasteiger partial charge in [-0.15, -0.1) is 0 Å². The lowest BCUT2D eigenvalue weighted by Crippen LogP contribution is -2.35. The summed E-state index contributed by atoms with van der Waals surface area (Å²) in [5.74, 6) is -0.744. The Balaban J connectivity index is 1.63. The Labute approximate surface area is 161 Å². The van der Waals surface area contributed by atoms with E-state index in [1.807, 2.05) is 6.07 Å². The van der Waals surface area contributed by atoms with E-state index in [0.29, 0.717) is 36.0 Å². The molecule has 0 aliphatic carbocycles. The summed E-state index contributed by atoms with van der Waals surface area (Å²) >= 11 is 0. The molecule has 0 saturated heterocycles.